The topological polar surface area (TPSA) is 68.0 Å². The SMILES string of the molecule is Cc1cnc2c(c1)nc(-c1cccs1)n2CCCCC(=O)O. The van der Waals surface area contributed by atoms with E-state index in [0.717, 1.165) is 40.4 Å². The number of aromatic nitrogens is 3. The highest BCUT2D eigenvalue weighted by atomic mass is 32.1. The first-order valence-electron chi connectivity index (χ1n) is 7.23. The summed E-state index contributed by atoms with van der Waals surface area (Å²) in [5, 5.41) is 10.8. The molecule has 0 radical (unpaired) electrons. The van der Waals surface area contributed by atoms with E-state index in [1.165, 1.54) is 0 Å². The molecule has 3 rings (SSSR count). The zero-order chi connectivity index (χ0) is 15.5. The molecule has 0 unspecified atom stereocenters. The Balaban J connectivity index is 1.94. The van der Waals surface area contributed by atoms with Crippen molar-refractivity contribution < 1.29 is 9.90 Å². The number of hydrogen-bond acceptors (Lipinski definition) is 4. The van der Waals surface area contributed by atoms with Crippen LogP contribution in [0.5, 0.6) is 0 Å². The molecule has 0 aliphatic rings. The smallest absolute Gasteiger partial charge is 0.303 e. The molecule has 0 spiro atoms. The zero-order valence-electron chi connectivity index (χ0n) is 12.3. The van der Waals surface area contributed by atoms with Crippen molar-refractivity contribution in [3.05, 3.63) is 35.3 Å². The molecule has 0 amide bonds. The van der Waals surface area contributed by atoms with Crippen LogP contribution in [0.4, 0.5) is 0 Å². The number of aliphatic carboxylic acids is 1. The molecule has 0 bridgehead atoms. The Morgan fingerprint density at radius 1 is 1.41 bits per heavy atom. The van der Waals surface area contributed by atoms with Crippen LogP contribution in [0.1, 0.15) is 24.8 Å². The minimum Gasteiger partial charge on any atom is -0.481 e. The van der Waals surface area contributed by atoms with Gasteiger partial charge in [0.05, 0.1) is 4.88 Å². The molecule has 1 N–H and O–H groups in total. The van der Waals surface area contributed by atoms with E-state index in [9.17, 15) is 4.79 Å². The van der Waals surface area contributed by atoms with Crippen LogP contribution in [0, 0.1) is 6.92 Å². The quantitative estimate of drug-likeness (QED) is 0.704. The average molecular weight is 315 g/mol. The van der Waals surface area contributed by atoms with E-state index < -0.39 is 5.97 Å². The highest BCUT2D eigenvalue weighted by Gasteiger charge is 2.14. The monoisotopic (exact) mass is 315 g/mol. The van der Waals surface area contributed by atoms with Gasteiger partial charge in [0.2, 0.25) is 0 Å². The van der Waals surface area contributed by atoms with Crippen LogP contribution in [0.3, 0.4) is 0 Å². The Morgan fingerprint density at radius 2 is 2.27 bits per heavy atom. The number of thiophene rings is 1. The molecule has 0 aliphatic heterocycles. The highest BCUT2D eigenvalue weighted by molar-refractivity contribution is 7.13. The summed E-state index contributed by atoms with van der Waals surface area (Å²) in [7, 11) is 0. The Hall–Kier alpha value is -2.21. The number of imidazole rings is 1. The van der Waals surface area contributed by atoms with Gasteiger partial charge in [-0.1, -0.05) is 6.07 Å². The molecule has 5 nitrogen and oxygen atoms in total. The number of hydrogen-bond donors (Lipinski definition) is 1. The maximum atomic E-state index is 10.6. The van der Waals surface area contributed by atoms with Crippen LogP contribution in [0.25, 0.3) is 21.9 Å². The summed E-state index contributed by atoms with van der Waals surface area (Å²) >= 11 is 1.65. The van der Waals surface area contributed by atoms with Gasteiger partial charge in [0.1, 0.15) is 5.52 Å². The predicted molar refractivity (Wildman–Crippen MR) is 87.1 cm³/mol. The summed E-state index contributed by atoms with van der Waals surface area (Å²) in [5.41, 5.74) is 2.84. The van der Waals surface area contributed by atoms with Crippen molar-refractivity contribution in [2.75, 3.05) is 0 Å². The average Bonchev–Trinajstić information content (AvgIpc) is 3.10. The second-order valence-corrected chi connectivity index (χ2v) is 6.22. The van der Waals surface area contributed by atoms with Gasteiger partial charge in [-0.15, -0.1) is 11.3 Å². The Bertz CT molecular complexity index is 793. The van der Waals surface area contributed by atoms with Crippen LogP contribution in [-0.4, -0.2) is 25.6 Å². The number of pyridine rings is 1. The van der Waals surface area contributed by atoms with E-state index in [2.05, 4.69) is 9.55 Å². The fraction of sp³-hybridized carbons (Fsp3) is 0.312. The molecular formula is C16H17N3O2S. The number of unbranched alkanes of at least 4 members (excludes halogenated alkanes) is 1. The lowest BCUT2D eigenvalue weighted by atomic mass is 10.2. The summed E-state index contributed by atoms with van der Waals surface area (Å²) in [6.45, 7) is 2.73. The van der Waals surface area contributed by atoms with Crippen molar-refractivity contribution >= 4 is 28.5 Å². The van der Waals surface area contributed by atoms with Gasteiger partial charge in [0.25, 0.3) is 0 Å². The number of fused-ring (bicyclic) bond motifs is 1. The van der Waals surface area contributed by atoms with Gasteiger partial charge in [-0.05, 0) is 42.8 Å². The number of nitrogens with zero attached hydrogens (tertiary/aromatic N) is 3. The Kier molecular flexibility index (Phi) is 4.20. The number of carbonyl (C=O) groups is 1. The maximum Gasteiger partial charge on any atom is 0.303 e. The molecule has 3 heterocycles. The number of rotatable bonds is 6. The Morgan fingerprint density at radius 3 is 3.00 bits per heavy atom. The third kappa shape index (κ3) is 3.01. The molecule has 0 atom stereocenters. The molecule has 114 valence electrons. The van der Waals surface area contributed by atoms with Gasteiger partial charge >= 0.3 is 5.97 Å². The molecule has 3 aromatic rings. The summed E-state index contributed by atoms with van der Waals surface area (Å²) in [6.07, 6.45) is 3.50. The predicted octanol–water partition coefficient (Wildman–Crippen LogP) is 3.72. The van der Waals surface area contributed by atoms with Gasteiger partial charge in [-0.2, -0.15) is 0 Å². The third-order valence-electron chi connectivity index (χ3n) is 3.49. The maximum absolute atomic E-state index is 10.6. The van der Waals surface area contributed by atoms with Crippen LogP contribution in [0.15, 0.2) is 29.8 Å². The first-order valence-corrected chi connectivity index (χ1v) is 8.11. The molecular weight excluding hydrogens is 298 g/mol. The fourth-order valence-corrected chi connectivity index (χ4v) is 3.19. The normalized spacial score (nSPS) is 11.1. The van der Waals surface area contributed by atoms with Gasteiger partial charge in [-0.25, -0.2) is 9.97 Å². The lowest BCUT2D eigenvalue weighted by Crippen LogP contribution is -2.03. The highest BCUT2D eigenvalue weighted by Crippen LogP contribution is 2.28. The van der Waals surface area contributed by atoms with Crippen LogP contribution >= 0.6 is 11.3 Å². The molecule has 6 heteroatoms. The van der Waals surface area contributed by atoms with Crippen LogP contribution in [-0.2, 0) is 11.3 Å². The standard InChI is InChI=1S/C16H17N3O2S/c1-11-9-12-15(17-10-11)19(7-3-2-6-14(20)21)16(18-12)13-5-4-8-22-13/h4-5,8-10H,2-3,6-7H2,1H3,(H,20,21). The summed E-state index contributed by atoms with van der Waals surface area (Å²) in [5.74, 6) is 0.168. The summed E-state index contributed by atoms with van der Waals surface area (Å²) in [6, 6.07) is 6.09. The van der Waals surface area contributed by atoms with Crippen LogP contribution in [0.2, 0.25) is 0 Å². The van der Waals surface area contributed by atoms with E-state index in [1.54, 1.807) is 11.3 Å². The number of carboxylic acid groups (broad SMARTS) is 1. The minimum absolute atomic E-state index is 0.202. The number of carboxylic acids is 1. The first kappa shape index (κ1) is 14.7. The van der Waals surface area contributed by atoms with Crippen molar-refractivity contribution in [2.45, 2.75) is 32.7 Å². The van der Waals surface area contributed by atoms with Gasteiger partial charge in [-0.3, -0.25) is 4.79 Å². The molecule has 0 fully saturated rings. The summed E-state index contributed by atoms with van der Waals surface area (Å²) < 4.78 is 2.10. The van der Waals surface area contributed by atoms with Crippen molar-refractivity contribution in [1.82, 2.24) is 14.5 Å². The second-order valence-electron chi connectivity index (χ2n) is 5.27. The molecule has 0 aliphatic carbocycles. The van der Waals surface area contributed by atoms with Crippen molar-refractivity contribution in [2.24, 2.45) is 0 Å². The largest absolute Gasteiger partial charge is 0.481 e. The third-order valence-corrected chi connectivity index (χ3v) is 4.35. The molecule has 0 saturated heterocycles. The van der Waals surface area contributed by atoms with E-state index in [1.807, 2.05) is 36.7 Å². The van der Waals surface area contributed by atoms with Gasteiger partial charge < -0.3 is 9.67 Å². The first-order chi connectivity index (χ1) is 10.6. The zero-order valence-corrected chi connectivity index (χ0v) is 13.1. The molecule has 0 saturated carbocycles. The fourth-order valence-electron chi connectivity index (χ4n) is 2.46. The summed E-state index contributed by atoms with van der Waals surface area (Å²) in [4.78, 5) is 21.0. The van der Waals surface area contributed by atoms with Crippen LogP contribution < -0.4 is 0 Å². The van der Waals surface area contributed by atoms with E-state index in [4.69, 9.17) is 10.1 Å². The lowest BCUT2D eigenvalue weighted by molar-refractivity contribution is -0.137. The van der Waals surface area contributed by atoms with E-state index in [0.29, 0.717) is 6.42 Å². The molecule has 22 heavy (non-hydrogen) atoms. The molecule has 3 aromatic heterocycles. The van der Waals surface area contributed by atoms with Crippen molar-refractivity contribution in [3.8, 4) is 10.7 Å². The van der Waals surface area contributed by atoms with E-state index in [-0.39, 0.29) is 6.42 Å². The molecule has 0 aromatic carbocycles. The van der Waals surface area contributed by atoms with Crippen molar-refractivity contribution in [3.63, 3.8) is 0 Å². The minimum atomic E-state index is -0.747. The van der Waals surface area contributed by atoms with E-state index >= 15 is 0 Å². The second kappa shape index (κ2) is 6.27. The lowest BCUT2D eigenvalue weighted by Gasteiger charge is -2.07. The number of aryl methyl sites for hydroxylation is 2. The van der Waals surface area contributed by atoms with Gasteiger partial charge in [0.15, 0.2) is 11.5 Å². The van der Waals surface area contributed by atoms with Gasteiger partial charge in [0, 0.05) is 19.2 Å². The van der Waals surface area contributed by atoms with Crippen molar-refractivity contribution in [1.29, 1.82) is 0 Å². The Labute approximate surface area is 132 Å².